The molecule has 1 heterocycles. The van der Waals surface area contributed by atoms with Crippen LogP contribution >= 0.6 is 0 Å². The molecule has 2 fully saturated rings. The molecule has 1 aliphatic carbocycles. The minimum atomic E-state index is -0.187. The van der Waals surface area contributed by atoms with Crippen LogP contribution in [0.15, 0.2) is 0 Å². The maximum Gasteiger partial charge on any atom is 0.227 e. The standard InChI is InChI=1S/C15H28N2O/c1-3-12-7-4-5-8-13(12)17-14(18)15(2)9-6-10-16-11-15/h12-13,16H,3-11H2,1-2H3,(H,17,18). The number of hydrogen-bond acceptors (Lipinski definition) is 2. The first-order valence-corrected chi connectivity index (χ1v) is 7.67. The van der Waals surface area contributed by atoms with E-state index in [0.717, 1.165) is 25.9 Å². The summed E-state index contributed by atoms with van der Waals surface area (Å²) < 4.78 is 0. The summed E-state index contributed by atoms with van der Waals surface area (Å²) in [4.78, 5) is 12.5. The van der Waals surface area contributed by atoms with Gasteiger partial charge in [-0.05, 0) is 45.1 Å². The van der Waals surface area contributed by atoms with Crippen molar-refractivity contribution in [2.24, 2.45) is 11.3 Å². The van der Waals surface area contributed by atoms with Gasteiger partial charge in [0.15, 0.2) is 0 Å². The van der Waals surface area contributed by atoms with E-state index in [1.807, 2.05) is 0 Å². The van der Waals surface area contributed by atoms with E-state index in [-0.39, 0.29) is 11.3 Å². The number of hydrogen-bond donors (Lipinski definition) is 2. The summed E-state index contributed by atoms with van der Waals surface area (Å²) in [5.74, 6) is 0.975. The van der Waals surface area contributed by atoms with Gasteiger partial charge in [0.25, 0.3) is 0 Å². The molecular weight excluding hydrogens is 224 g/mol. The normalized spacial score (nSPS) is 37.2. The van der Waals surface area contributed by atoms with E-state index in [9.17, 15) is 4.79 Å². The zero-order valence-electron chi connectivity index (χ0n) is 11.9. The minimum absolute atomic E-state index is 0.187. The highest BCUT2D eigenvalue weighted by Crippen LogP contribution is 2.30. The molecular formula is C15H28N2O. The summed E-state index contributed by atoms with van der Waals surface area (Å²) in [5.41, 5.74) is -0.187. The number of rotatable bonds is 3. The zero-order valence-corrected chi connectivity index (χ0v) is 11.9. The van der Waals surface area contributed by atoms with Crippen LogP contribution in [0.3, 0.4) is 0 Å². The summed E-state index contributed by atoms with van der Waals surface area (Å²) >= 11 is 0. The minimum Gasteiger partial charge on any atom is -0.353 e. The highest BCUT2D eigenvalue weighted by Gasteiger charge is 2.36. The molecule has 1 aliphatic heterocycles. The molecule has 1 saturated heterocycles. The van der Waals surface area contributed by atoms with Gasteiger partial charge in [-0.25, -0.2) is 0 Å². The summed E-state index contributed by atoms with van der Waals surface area (Å²) in [6.07, 6.45) is 8.41. The van der Waals surface area contributed by atoms with E-state index in [4.69, 9.17) is 0 Å². The zero-order chi connectivity index (χ0) is 13.0. The Labute approximate surface area is 111 Å². The molecule has 2 rings (SSSR count). The Balaban J connectivity index is 1.92. The highest BCUT2D eigenvalue weighted by molar-refractivity contribution is 5.82. The predicted molar refractivity (Wildman–Crippen MR) is 74.4 cm³/mol. The second-order valence-electron chi connectivity index (χ2n) is 6.37. The van der Waals surface area contributed by atoms with Crippen molar-refractivity contribution >= 4 is 5.91 Å². The maximum atomic E-state index is 12.5. The Bertz CT molecular complexity index is 284. The van der Waals surface area contributed by atoms with Crippen molar-refractivity contribution in [2.45, 2.75) is 64.8 Å². The molecule has 0 radical (unpaired) electrons. The van der Waals surface area contributed by atoms with Crippen molar-refractivity contribution in [3.05, 3.63) is 0 Å². The summed E-state index contributed by atoms with van der Waals surface area (Å²) in [5, 5.41) is 6.71. The monoisotopic (exact) mass is 252 g/mol. The van der Waals surface area contributed by atoms with Crippen molar-refractivity contribution in [2.75, 3.05) is 13.1 Å². The topological polar surface area (TPSA) is 41.1 Å². The molecule has 104 valence electrons. The first-order valence-electron chi connectivity index (χ1n) is 7.67. The second kappa shape index (κ2) is 6.05. The van der Waals surface area contributed by atoms with Gasteiger partial charge in [-0.15, -0.1) is 0 Å². The first-order chi connectivity index (χ1) is 8.65. The van der Waals surface area contributed by atoms with Crippen LogP contribution in [0.1, 0.15) is 58.8 Å². The first kappa shape index (κ1) is 13.9. The van der Waals surface area contributed by atoms with Gasteiger partial charge in [0.05, 0.1) is 5.41 Å². The Morgan fingerprint density at radius 1 is 1.33 bits per heavy atom. The number of carbonyl (C=O) groups excluding carboxylic acids is 1. The van der Waals surface area contributed by atoms with Gasteiger partial charge in [0, 0.05) is 12.6 Å². The number of nitrogens with one attached hydrogen (secondary N) is 2. The van der Waals surface area contributed by atoms with Gasteiger partial charge >= 0.3 is 0 Å². The van der Waals surface area contributed by atoms with E-state index in [0.29, 0.717) is 12.0 Å². The van der Waals surface area contributed by atoms with Gasteiger partial charge in [-0.1, -0.05) is 26.2 Å². The van der Waals surface area contributed by atoms with Gasteiger partial charge in [-0.3, -0.25) is 4.79 Å². The van der Waals surface area contributed by atoms with Crippen LogP contribution in [0.25, 0.3) is 0 Å². The van der Waals surface area contributed by atoms with Crippen LogP contribution in [-0.4, -0.2) is 25.0 Å². The third kappa shape index (κ3) is 3.05. The lowest BCUT2D eigenvalue weighted by atomic mass is 9.79. The van der Waals surface area contributed by atoms with Crippen molar-refractivity contribution in [1.29, 1.82) is 0 Å². The lowest BCUT2D eigenvalue weighted by molar-refractivity contribution is -0.132. The molecule has 3 unspecified atom stereocenters. The Morgan fingerprint density at radius 3 is 2.78 bits per heavy atom. The fraction of sp³-hybridized carbons (Fsp3) is 0.933. The maximum absolute atomic E-state index is 12.5. The third-order valence-corrected chi connectivity index (χ3v) is 4.90. The molecule has 0 aromatic carbocycles. The van der Waals surface area contributed by atoms with Crippen molar-refractivity contribution in [1.82, 2.24) is 10.6 Å². The van der Waals surface area contributed by atoms with Gasteiger partial charge < -0.3 is 10.6 Å². The predicted octanol–water partition coefficient (Wildman–Crippen LogP) is 2.46. The number of amides is 1. The van der Waals surface area contributed by atoms with Gasteiger partial charge in [0.1, 0.15) is 0 Å². The molecule has 3 heteroatoms. The Hall–Kier alpha value is -0.570. The van der Waals surface area contributed by atoms with E-state index in [1.165, 1.54) is 32.1 Å². The molecule has 1 saturated carbocycles. The van der Waals surface area contributed by atoms with Crippen LogP contribution in [-0.2, 0) is 4.79 Å². The average molecular weight is 252 g/mol. The van der Waals surface area contributed by atoms with Crippen molar-refractivity contribution in [3.63, 3.8) is 0 Å². The van der Waals surface area contributed by atoms with Gasteiger partial charge in [0.2, 0.25) is 5.91 Å². The van der Waals surface area contributed by atoms with Crippen molar-refractivity contribution < 1.29 is 4.79 Å². The number of carbonyl (C=O) groups is 1. The van der Waals surface area contributed by atoms with E-state index >= 15 is 0 Å². The summed E-state index contributed by atoms with van der Waals surface area (Å²) in [6.45, 7) is 6.25. The lowest BCUT2D eigenvalue weighted by Crippen LogP contribution is -2.53. The fourth-order valence-electron chi connectivity index (χ4n) is 3.48. The van der Waals surface area contributed by atoms with Crippen LogP contribution < -0.4 is 10.6 Å². The largest absolute Gasteiger partial charge is 0.353 e. The SMILES string of the molecule is CCC1CCCCC1NC(=O)C1(C)CCCNC1. The average Bonchev–Trinajstić information content (AvgIpc) is 2.40. The Morgan fingerprint density at radius 2 is 2.11 bits per heavy atom. The third-order valence-electron chi connectivity index (χ3n) is 4.90. The van der Waals surface area contributed by atoms with Crippen LogP contribution in [0, 0.1) is 11.3 Å². The van der Waals surface area contributed by atoms with Crippen LogP contribution in [0.4, 0.5) is 0 Å². The molecule has 1 amide bonds. The molecule has 0 spiro atoms. The Kier molecular flexibility index (Phi) is 4.66. The molecule has 2 aliphatic rings. The van der Waals surface area contributed by atoms with Crippen LogP contribution in [0.2, 0.25) is 0 Å². The van der Waals surface area contributed by atoms with Crippen LogP contribution in [0.5, 0.6) is 0 Å². The smallest absolute Gasteiger partial charge is 0.227 e. The summed E-state index contributed by atoms with van der Waals surface area (Å²) in [6, 6.07) is 0.426. The molecule has 0 bridgehead atoms. The lowest BCUT2D eigenvalue weighted by Gasteiger charge is -2.37. The van der Waals surface area contributed by atoms with E-state index in [2.05, 4.69) is 24.5 Å². The molecule has 3 atom stereocenters. The number of piperidine rings is 1. The van der Waals surface area contributed by atoms with E-state index in [1.54, 1.807) is 0 Å². The molecule has 0 aromatic heterocycles. The second-order valence-corrected chi connectivity index (χ2v) is 6.37. The van der Waals surface area contributed by atoms with E-state index < -0.39 is 0 Å². The molecule has 3 nitrogen and oxygen atoms in total. The van der Waals surface area contributed by atoms with Gasteiger partial charge in [-0.2, -0.15) is 0 Å². The molecule has 18 heavy (non-hydrogen) atoms. The summed E-state index contributed by atoms with van der Waals surface area (Å²) in [7, 11) is 0. The molecule has 0 aromatic rings. The molecule has 2 N–H and O–H groups in total. The fourth-order valence-corrected chi connectivity index (χ4v) is 3.48. The van der Waals surface area contributed by atoms with Crippen molar-refractivity contribution in [3.8, 4) is 0 Å². The quantitative estimate of drug-likeness (QED) is 0.810. The highest BCUT2D eigenvalue weighted by atomic mass is 16.2.